The molecule has 0 bridgehead atoms. The molecule has 2 rings (SSSR count). The Kier molecular flexibility index (Phi) is 25.7. The lowest BCUT2D eigenvalue weighted by atomic mass is 10.0. The number of carboxylic acids is 1. The number of aliphatic carboxylic acids is 1. The lowest BCUT2D eigenvalue weighted by Gasteiger charge is -2.25. The van der Waals surface area contributed by atoms with E-state index in [-0.39, 0.29) is 37.1 Å². The Labute approximate surface area is 358 Å². The van der Waals surface area contributed by atoms with Gasteiger partial charge in [0, 0.05) is 36.9 Å². The van der Waals surface area contributed by atoms with Gasteiger partial charge < -0.3 is 58.1 Å². The second-order valence-electron chi connectivity index (χ2n) is 14.8. The first-order valence-corrected chi connectivity index (χ1v) is 20.3. The Morgan fingerprint density at radius 3 is 2.20 bits per heavy atom. The van der Waals surface area contributed by atoms with Gasteiger partial charge in [-0.1, -0.05) is 58.0 Å². The Bertz CT molecular complexity index is 1690. The minimum absolute atomic E-state index is 0.159. The van der Waals surface area contributed by atoms with Gasteiger partial charge in [-0.3, -0.25) is 38.6 Å². The molecule has 3 atom stereocenters. The molecule has 0 saturated carbocycles. The SMILES string of the molecule is C=C/C(=C\C=C(\N)C(C)C)C(=O)NCCCOc1ccc(C)cc1.CC(CC(=O)O)NC(=O)CNC(=O)C(CCCNC1=NCCN1)NC(=O)C(NC(=O)CNC=O)C(C)C. The van der Waals surface area contributed by atoms with Crippen LogP contribution in [0.4, 0.5) is 0 Å². The molecule has 19 nitrogen and oxygen atoms in total. The number of hydrogen-bond acceptors (Lipinski definition) is 12. The molecule has 1 aliphatic rings. The van der Waals surface area contributed by atoms with Crippen molar-refractivity contribution in [2.24, 2.45) is 22.6 Å². The van der Waals surface area contributed by atoms with Crippen LogP contribution in [0.3, 0.4) is 0 Å². The van der Waals surface area contributed by atoms with Crippen molar-refractivity contribution in [1.29, 1.82) is 0 Å². The molecule has 1 aromatic rings. The number of aliphatic imine (C=N–C) groups is 1. The molecule has 338 valence electrons. The molecule has 0 aromatic heterocycles. The highest BCUT2D eigenvalue weighted by Crippen LogP contribution is 2.11. The van der Waals surface area contributed by atoms with Gasteiger partial charge in [0.2, 0.25) is 30.0 Å². The fraction of sp³-hybridized carbons (Fsp3) is 0.524. The minimum Gasteiger partial charge on any atom is -0.494 e. The van der Waals surface area contributed by atoms with E-state index in [0.717, 1.165) is 24.4 Å². The Morgan fingerprint density at radius 2 is 1.61 bits per heavy atom. The molecule has 0 fully saturated rings. The van der Waals surface area contributed by atoms with Gasteiger partial charge in [0.25, 0.3) is 5.91 Å². The summed E-state index contributed by atoms with van der Waals surface area (Å²) in [4.78, 5) is 87.4. The van der Waals surface area contributed by atoms with Crippen LogP contribution >= 0.6 is 0 Å². The van der Waals surface area contributed by atoms with Crippen molar-refractivity contribution in [1.82, 2.24) is 42.5 Å². The standard InChI is InChI=1S/C22H38N8O7.C20H28N2O2/c1-13(2)19(30-16(32)10-23-12-31)21(37)29-15(5-4-6-24-22-25-7-8-26-22)20(36)27-11-17(33)28-14(3)9-18(34)35;1-5-17(9-12-19(21)15(2)3)20(23)22-13-6-14-24-18-10-7-16(4)8-11-18/h12-15,19H,4-11H2,1-3H3,(H,23,31)(H,27,36)(H,28,33)(H,29,37)(H,30,32)(H,34,35)(H2,24,25,26);5,7-12,15H,1,6,13-14,21H2,2-4H3,(H,22,23)/b;17-9+,19-12+. The zero-order valence-electron chi connectivity index (χ0n) is 36.2. The van der Waals surface area contributed by atoms with Crippen LogP contribution in [0.5, 0.6) is 5.75 Å². The van der Waals surface area contributed by atoms with E-state index in [4.69, 9.17) is 15.6 Å². The maximum Gasteiger partial charge on any atom is 0.305 e. The third kappa shape index (κ3) is 23.7. The van der Waals surface area contributed by atoms with Gasteiger partial charge in [-0.05, 0) is 69.2 Å². The summed E-state index contributed by atoms with van der Waals surface area (Å²) < 4.78 is 5.62. The van der Waals surface area contributed by atoms with Gasteiger partial charge in [0.1, 0.15) is 17.8 Å². The second-order valence-corrected chi connectivity index (χ2v) is 14.8. The Balaban J connectivity index is 0.000000668. The number of nitrogens with zero attached hydrogens (tertiary/aromatic N) is 1. The van der Waals surface area contributed by atoms with Crippen molar-refractivity contribution < 1.29 is 43.4 Å². The van der Waals surface area contributed by atoms with Crippen LogP contribution in [0.2, 0.25) is 0 Å². The fourth-order valence-corrected chi connectivity index (χ4v) is 5.20. The molecule has 11 N–H and O–H groups in total. The predicted molar refractivity (Wildman–Crippen MR) is 233 cm³/mol. The quantitative estimate of drug-likeness (QED) is 0.0260. The van der Waals surface area contributed by atoms with E-state index in [9.17, 15) is 33.6 Å². The first-order valence-electron chi connectivity index (χ1n) is 20.3. The lowest BCUT2D eigenvalue weighted by Crippen LogP contribution is -2.56. The Morgan fingerprint density at radius 1 is 0.918 bits per heavy atom. The molecule has 19 heteroatoms. The van der Waals surface area contributed by atoms with Crippen molar-refractivity contribution in [3.63, 3.8) is 0 Å². The molecule has 0 radical (unpaired) electrons. The van der Waals surface area contributed by atoms with Crippen LogP contribution in [-0.2, 0) is 33.6 Å². The predicted octanol–water partition coefficient (Wildman–Crippen LogP) is 0.274. The van der Waals surface area contributed by atoms with E-state index in [2.05, 4.69) is 54.1 Å². The van der Waals surface area contributed by atoms with E-state index in [1.165, 1.54) is 18.6 Å². The number of benzene rings is 1. The number of carbonyl (C=O) groups excluding carboxylic acids is 6. The monoisotopic (exact) mass is 855 g/mol. The number of ether oxygens (including phenoxy) is 1. The summed E-state index contributed by atoms with van der Waals surface area (Å²) in [5.41, 5.74) is 8.29. The number of rotatable bonds is 26. The van der Waals surface area contributed by atoms with Gasteiger partial charge in [-0.2, -0.15) is 0 Å². The summed E-state index contributed by atoms with van der Waals surface area (Å²) in [5, 5.41) is 30.1. The summed E-state index contributed by atoms with van der Waals surface area (Å²) in [7, 11) is 0. The highest BCUT2D eigenvalue weighted by Gasteiger charge is 2.29. The lowest BCUT2D eigenvalue weighted by molar-refractivity contribution is -0.137. The molecule has 1 aromatic carbocycles. The average molecular weight is 855 g/mol. The van der Waals surface area contributed by atoms with Gasteiger partial charge in [-0.25, -0.2) is 0 Å². The van der Waals surface area contributed by atoms with Gasteiger partial charge in [-0.15, -0.1) is 0 Å². The maximum absolute atomic E-state index is 13.0. The third-order valence-corrected chi connectivity index (χ3v) is 8.69. The van der Waals surface area contributed by atoms with Crippen LogP contribution in [0, 0.1) is 18.8 Å². The summed E-state index contributed by atoms with van der Waals surface area (Å²) >= 11 is 0. The molecule has 6 amide bonds. The van der Waals surface area contributed by atoms with E-state index < -0.39 is 54.3 Å². The van der Waals surface area contributed by atoms with Crippen molar-refractivity contribution in [2.75, 3.05) is 45.9 Å². The van der Waals surface area contributed by atoms with Gasteiger partial charge >= 0.3 is 5.97 Å². The molecule has 61 heavy (non-hydrogen) atoms. The number of carboxylic acid groups (broad SMARTS) is 1. The highest BCUT2D eigenvalue weighted by molar-refractivity contribution is 5.96. The fourth-order valence-electron chi connectivity index (χ4n) is 5.20. The van der Waals surface area contributed by atoms with Crippen molar-refractivity contribution in [3.8, 4) is 5.75 Å². The van der Waals surface area contributed by atoms with E-state index in [0.29, 0.717) is 50.6 Å². The zero-order chi connectivity index (χ0) is 45.7. The summed E-state index contributed by atoms with van der Waals surface area (Å²) in [6.45, 7) is 16.9. The normalized spacial score (nSPS) is 13.7. The second kappa shape index (κ2) is 29.8. The van der Waals surface area contributed by atoms with Gasteiger partial charge in [0.15, 0.2) is 5.96 Å². The number of nitrogens with one attached hydrogen (secondary N) is 8. The van der Waals surface area contributed by atoms with Crippen LogP contribution in [0.1, 0.15) is 65.9 Å². The number of hydrogen-bond donors (Lipinski definition) is 10. The topological polar surface area (TPSA) is 284 Å². The summed E-state index contributed by atoms with van der Waals surface area (Å²) in [5.74, 6) is -2.15. The smallest absolute Gasteiger partial charge is 0.305 e. The number of allylic oxidation sites excluding steroid dienone is 3. The third-order valence-electron chi connectivity index (χ3n) is 8.69. The molecule has 0 saturated heterocycles. The van der Waals surface area contributed by atoms with E-state index >= 15 is 0 Å². The highest BCUT2D eigenvalue weighted by atomic mass is 16.5. The van der Waals surface area contributed by atoms with Crippen molar-refractivity contribution in [3.05, 3.63) is 65.9 Å². The van der Waals surface area contributed by atoms with Crippen LogP contribution in [-0.4, -0.2) is 117 Å². The molecular formula is C42H66N10O9. The summed E-state index contributed by atoms with van der Waals surface area (Å²) in [6, 6.07) is 5.30. The van der Waals surface area contributed by atoms with Crippen molar-refractivity contribution >= 4 is 47.9 Å². The van der Waals surface area contributed by atoms with Gasteiger partial charge in [0.05, 0.1) is 32.7 Å². The van der Waals surface area contributed by atoms with E-state index in [1.54, 1.807) is 26.0 Å². The summed E-state index contributed by atoms with van der Waals surface area (Å²) in [6.07, 6.45) is 6.50. The van der Waals surface area contributed by atoms with Crippen LogP contribution in [0.25, 0.3) is 0 Å². The molecule has 0 spiro atoms. The molecule has 3 unspecified atom stereocenters. The number of guanidine groups is 1. The number of nitrogens with two attached hydrogens (primary N) is 1. The van der Waals surface area contributed by atoms with Crippen molar-refractivity contribution in [2.45, 2.75) is 85.4 Å². The molecular weight excluding hydrogens is 789 g/mol. The maximum atomic E-state index is 13.0. The number of amides is 6. The van der Waals surface area contributed by atoms with Crippen LogP contribution in [0.15, 0.2) is 65.3 Å². The zero-order valence-corrected chi connectivity index (χ0v) is 36.2. The van der Waals surface area contributed by atoms with E-state index in [1.807, 2.05) is 45.0 Å². The first kappa shape index (κ1) is 52.6. The van der Waals surface area contributed by atoms with Crippen LogP contribution < -0.4 is 53.0 Å². The Hall–Kier alpha value is -6.40. The first-order chi connectivity index (χ1) is 29.0. The minimum atomic E-state index is -1.07. The average Bonchev–Trinajstić information content (AvgIpc) is 3.73. The molecule has 1 aliphatic heterocycles. The largest absolute Gasteiger partial charge is 0.494 e. The number of carbonyl (C=O) groups is 7. The number of aryl methyl sites for hydroxylation is 1. The molecule has 0 aliphatic carbocycles. The molecule has 1 heterocycles.